The Bertz CT molecular complexity index is 726. The van der Waals surface area contributed by atoms with Gasteiger partial charge in [-0.1, -0.05) is 12.2 Å². The smallest absolute Gasteiger partial charge is 0.251 e. The van der Waals surface area contributed by atoms with Gasteiger partial charge in [-0.15, -0.1) is 0 Å². The largest absolute Gasteiger partial charge is 0.369 e. The highest BCUT2D eigenvalue weighted by molar-refractivity contribution is 5.83. The van der Waals surface area contributed by atoms with Crippen LogP contribution in [0.2, 0.25) is 0 Å². The van der Waals surface area contributed by atoms with Gasteiger partial charge in [0.25, 0.3) is 5.56 Å². The zero-order valence-electron chi connectivity index (χ0n) is 12.4. The number of benzene rings is 1. The third-order valence-electron chi connectivity index (χ3n) is 3.88. The van der Waals surface area contributed by atoms with Crippen molar-refractivity contribution in [2.24, 2.45) is 0 Å². The van der Waals surface area contributed by atoms with Gasteiger partial charge >= 0.3 is 0 Å². The highest BCUT2D eigenvalue weighted by Crippen LogP contribution is 2.22. The average molecular weight is 283 g/mol. The number of anilines is 1. The minimum absolute atomic E-state index is 0.0282. The molecule has 1 fully saturated rings. The Hall–Kier alpha value is -2.07. The van der Waals surface area contributed by atoms with Crippen molar-refractivity contribution in [1.29, 1.82) is 0 Å². The molecule has 1 saturated heterocycles. The summed E-state index contributed by atoms with van der Waals surface area (Å²) in [4.78, 5) is 14.4. The first kappa shape index (κ1) is 13.9. The van der Waals surface area contributed by atoms with E-state index in [2.05, 4.69) is 35.0 Å². The van der Waals surface area contributed by atoms with Gasteiger partial charge in [0, 0.05) is 49.9 Å². The third-order valence-corrected chi connectivity index (χ3v) is 3.88. The number of allylic oxidation sites excluding steroid dienone is 1. The van der Waals surface area contributed by atoms with Crippen LogP contribution in [0.5, 0.6) is 0 Å². The van der Waals surface area contributed by atoms with Crippen LogP contribution in [-0.2, 0) is 6.54 Å². The van der Waals surface area contributed by atoms with Gasteiger partial charge in [-0.05, 0) is 31.2 Å². The van der Waals surface area contributed by atoms with E-state index in [9.17, 15) is 4.79 Å². The fourth-order valence-electron chi connectivity index (χ4n) is 2.84. The zero-order chi connectivity index (χ0) is 14.8. The van der Waals surface area contributed by atoms with Gasteiger partial charge in [0.05, 0.1) is 5.52 Å². The number of nitrogens with one attached hydrogen (secondary N) is 1. The van der Waals surface area contributed by atoms with Crippen molar-refractivity contribution in [2.75, 3.05) is 31.1 Å². The summed E-state index contributed by atoms with van der Waals surface area (Å²) in [5.74, 6) is 0. The minimum Gasteiger partial charge on any atom is -0.369 e. The van der Waals surface area contributed by atoms with Crippen LogP contribution in [0.1, 0.15) is 6.92 Å². The van der Waals surface area contributed by atoms with Gasteiger partial charge < -0.3 is 14.8 Å². The first-order chi connectivity index (χ1) is 10.1. The fraction of sp³-hybridized carbons (Fsp3) is 0.353. The number of hydrogen-bond acceptors (Lipinski definition) is 3. The molecule has 0 saturated carbocycles. The van der Waals surface area contributed by atoms with E-state index in [0.29, 0.717) is 6.54 Å². The summed E-state index contributed by atoms with van der Waals surface area (Å²) in [5, 5.41) is 4.47. The first-order valence-electron chi connectivity index (χ1n) is 7.39. The van der Waals surface area contributed by atoms with E-state index >= 15 is 0 Å². The Balaban J connectivity index is 2.04. The predicted molar refractivity (Wildman–Crippen MR) is 88.1 cm³/mol. The van der Waals surface area contributed by atoms with Crippen molar-refractivity contribution in [1.82, 2.24) is 9.88 Å². The molecule has 1 N–H and O–H groups in total. The molecule has 1 aromatic heterocycles. The second-order valence-electron chi connectivity index (χ2n) is 5.69. The Kier molecular flexibility index (Phi) is 3.80. The van der Waals surface area contributed by atoms with Gasteiger partial charge in [0.1, 0.15) is 0 Å². The molecule has 4 heteroatoms. The maximum Gasteiger partial charge on any atom is 0.251 e. The lowest BCUT2D eigenvalue weighted by Crippen LogP contribution is -2.43. The maximum absolute atomic E-state index is 12.1. The van der Waals surface area contributed by atoms with Crippen molar-refractivity contribution in [3.8, 4) is 0 Å². The van der Waals surface area contributed by atoms with Crippen LogP contribution >= 0.6 is 0 Å². The van der Waals surface area contributed by atoms with Crippen LogP contribution in [0.15, 0.2) is 47.3 Å². The normalized spacial score (nSPS) is 15.4. The lowest BCUT2D eigenvalue weighted by atomic mass is 10.1. The van der Waals surface area contributed by atoms with Crippen LogP contribution in [0, 0.1) is 0 Å². The van der Waals surface area contributed by atoms with Crippen LogP contribution in [0.25, 0.3) is 10.9 Å². The monoisotopic (exact) mass is 283 g/mol. The second kappa shape index (κ2) is 5.74. The van der Waals surface area contributed by atoms with E-state index < -0.39 is 0 Å². The molecule has 3 rings (SSSR count). The van der Waals surface area contributed by atoms with Crippen LogP contribution in [-0.4, -0.2) is 30.7 Å². The summed E-state index contributed by atoms with van der Waals surface area (Å²) in [6.45, 7) is 10.5. The molecule has 1 aliphatic rings. The third kappa shape index (κ3) is 2.85. The average Bonchev–Trinajstić information content (AvgIpc) is 2.50. The summed E-state index contributed by atoms with van der Waals surface area (Å²) < 4.78 is 1.79. The number of aromatic nitrogens is 1. The molecule has 0 aliphatic carbocycles. The molecular formula is C17H21N3O. The van der Waals surface area contributed by atoms with Gasteiger partial charge in [0.15, 0.2) is 0 Å². The van der Waals surface area contributed by atoms with Gasteiger partial charge in [-0.2, -0.15) is 0 Å². The van der Waals surface area contributed by atoms with E-state index in [-0.39, 0.29) is 5.56 Å². The molecule has 2 aromatic rings. The molecule has 4 nitrogen and oxygen atoms in total. The molecule has 0 bridgehead atoms. The van der Waals surface area contributed by atoms with Crippen LogP contribution in [0.4, 0.5) is 5.69 Å². The van der Waals surface area contributed by atoms with Crippen LogP contribution in [0.3, 0.4) is 0 Å². The highest BCUT2D eigenvalue weighted by atomic mass is 16.1. The van der Waals surface area contributed by atoms with Crippen molar-refractivity contribution in [3.63, 3.8) is 0 Å². The number of hydrogen-bond donors (Lipinski definition) is 1. The summed E-state index contributed by atoms with van der Waals surface area (Å²) >= 11 is 0. The van der Waals surface area contributed by atoms with Gasteiger partial charge in [-0.25, -0.2) is 0 Å². The molecular weight excluding hydrogens is 262 g/mol. The van der Waals surface area contributed by atoms with E-state index in [4.69, 9.17) is 0 Å². The second-order valence-corrected chi connectivity index (χ2v) is 5.69. The number of fused-ring (bicyclic) bond motifs is 1. The number of pyridine rings is 1. The Morgan fingerprint density at radius 3 is 2.71 bits per heavy atom. The molecule has 1 aliphatic heterocycles. The zero-order valence-corrected chi connectivity index (χ0v) is 12.4. The van der Waals surface area contributed by atoms with Crippen LogP contribution < -0.4 is 15.8 Å². The summed E-state index contributed by atoms with van der Waals surface area (Å²) in [6, 6.07) is 9.90. The van der Waals surface area contributed by atoms with Crippen molar-refractivity contribution >= 4 is 16.6 Å². The van der Waals surface area contributed by atoms with E-state index in [1.807, 2.05) is 13.0 Å². The topological polar surface area (TPSA) is 37.3 Å². The highest BCUT2D eigenvalue weighted by Gasteiger charge is 2.11. The Labute approximate surface area is 124 Å². The quantitative estimate of drug-likeness (QED) is 0.875. The maximum atomic E-state index is 12.1. The molecule has 0 radical (unpaired) electrons. The van der Waals surface area contributed by atoms with Crippen molar-refractivity contribution in [3.05, 3.63) is 52.8 Å². The molecule has 0 atom stereocenters. The summed E-state index contributed by atoms with van der Waals surface area (Å²) in [7, 11) is 0. The lowest BCUT2D eigenvalue weighted by molar-refractivity contribution is 0.589. The molecule has 0 spiro atoms. The summed E-state index contributed by atoms with van der Waals surface area (Å²) in [5.41, 5.74) is 3.21. The molecule has 1 aromatic carbocycles. The molecule has 0 amide bonds. The molecule has 110 valence electrons. The summed E-state index contributed by atoms with van der Waals surface area (Å²) in [6.07, 6.45) is 0. The predicted octanol–water partition coefficient (Wildman–Crippen LogP) is 1.99. The molecule has 21 heavy (non-hydrogen) atoms. The Morgan fingerprint density at radius 2 is 2.00 bits per heavy atom. The van der Waals surface area contributed by atoms with Gasteiger partial charge in [-0.3, -0.25) is 4.79 Å². The van der Waals surface area contributed by atoms with E-state index in [1.165, 1.54) is 5.69 Å². The first-order valence-corrected chi connectivity index (χ1v) is 7.39. The SMILES string of the molecule is C=C(C)Cn1c(=O)ccc2cc(N3CCNCC3)ccc21. The number of rotatable bonds is 3. The van der Waals surface area contributed by atoms with E-state index in [1.54, 1.807) is 10.6 Å². The lowest BCUT2D eigenvalue weighted by Gasteiger charge is -2.29. The number of nitrogens with zero attached hydrogens (tertiary/aromatic N) is 2. The minimum atomic E-state index is 0.0282. The van der Waals surface area contributed by atoms with Gasteiger partial charge in [0.2, 0.25) is 0 Å². The number of piperazine rings is 1. The molecule has 0 unspecified atom stereocenters. The standard InChI is InChI=1S/C17H21N3O/c1-13(2)12-20-16-5-4-15(19-9-7-18-8-10-19)11-14(16)3-6-17(20)21/h3-6,11,18H,1,7-10,12H2,2H3. The van der Waals surface area contributed by atoms with Crippen molar-refractivity contribution in [2.45, 2.75) is 13.5 Å². The van der Waals surface area contributed by atoms with Crippen molar-refractivity contribution < 1.29 is 0 Å². The Morgan fingerprint density at radius 1 is 1.24 bits per heavy atom. The molecule has 2 heterocycles. The van der Waals surface area contributed by atoms with E-state index in [0.717, 1.165) is 42.7 Å². The fourth-order valence-corrected chi connectivity index (χ4v) is 2.84.